The number of phenols is 1. The van der Waals surface area contributed by atoms with Gasteiger partial charge in [-0.3, -0.25) is 9.89 Å². The number of aromatic hydroxyl groups is 1. The van der Waals surface area contributed by atoms with E-state index in [1.165, 1.54) is 0 Å². The van der Waals surface area contributed by atoms with Crippen LogP contribution in [0.2, 0.25) is 5.02 Å². The zero-order valence-corrected chi connectivity index (χ0v) is 16.7. The zero-order valence-electron chi connectivity index (χ0n) is 15.9. The number of hydrogen-bond donors (Lipinski definition) is 2. The van der Waals surface area contributed by atoms with E-state index in [0.29, 0.717) is 17.3 Å². The molecule has 30 heavy (non-hydrogen) atoms. The van der Waals surface area contributed by atoms with Crippen LogP contribution in [-0.2, 0) is 6.54 Å². The quantitative estimate of drug-likeness (QED) is 0.482. The van der Waals surface area contributed by atoms with Gasteiger partial charge in [0.05, 0.1) is 11.7 Å². The average Bonchev–Trinajstić information content (AvgIpc) is 3.31. The van der Waals surface area contributed by atoms with E-state index in [1.807, 2.05) is 66.7 Å². The second-order valence-electron chi connectivity index (χ2n) is 7.25. The van der Waals surface area contributed by atoms with Crippen LogP contribution in [0.5, 0.6) is 5.75 Å². The van der Waals surface area contributed by atoms with Crippen molar-refractivity contribution in [2.75, 3.05) is 0 Å². The summed E-state index contributed by atoms with van der Waals surface area (Å²) in [6.07, 6.45) is 0. The van der Waals surface area contributed by atoms with Gasteiger partial charge in [-0.25, -0.2) is 0 Å². The van der Waals surface area contributed by atoms with E-state index >= 15 is 0 Å². The average molecular weight is 416 g/mol. The smallest absolute Gasteiger partial charge is 0.273 e. The van der Waals surface area contributed by atoms with Crippen molar-refractivity contribution in [1.29, 1.82) is 0 Å². The number of nitrogens with one attached hydrogen (secondary N) is 1. The van der Waals surface area contributed by atoms with E-state index < -0.39 is 0 Å². The lowest BCUT2D eigenvalue weighted by Gasteiger charge is -2.27. The van der Waals surface area contributed by atoms with Gasteiger partial charge in [-0.2, -0.15) is 5.10 Å². The Morgan fingerprint density at radius 3 is 2.40 bits per heavy atom. The third-order valence-electron chi connectivity index (χ3n) is 5.42. The maximum Gasteiger partial charge on any atom is 0.273 e. The monoisotopic (exact) mass is 415 g/mol. The van der Waals surface area contributed by atoms with Crippen LogP contribution in [0.15, 0.2) is 78.9 Å². The molecular weight excluding hydrogens is 398 g/mol. The number of H-pyrrole nitrogens is 1. The van der Waals surface area contributed by atoms with E-state index in [4.69, 9.17) is 11.6 Å². The van der Waals surface area contributed by atoms with Crippen molar-refractivity contribution in [2.24, 2.45) is 0 Å². The van der Waals surface area contributed by atoms with Gasteiger partial charge in [0, 0.05) is 22.7 Å². The minimum absolute atomic E-state index is 0.127. The number of fused-ring (bicyclic) bond motifs is 1. The number of carbonyl (C=O) groups is 1. The summed E-state index contributed by atoms with van der Waals surface area (Å²) in [7, 11) is 0. The SMILES string of the molecule is O=C1c2[nH]nc(-c3ccccc3)c2C(c2ccc(O)cc2)N1Cc1ccccc1Cl. The number of carbonyl (C=O) groups excluding carboxylic acids is 1. The molecule has 0 radical (unpaired) electrons. The Kier molecular flexibility index (Phi) is 4.52. The largest absolute Gasteiger partial charge is 0.508 e. The number of aromatic nitrogens is 2. The molecule has 5 rings (SSSR count). The molecule has 0 bridgehead atoms. The molecule has 1 atom stereocenters. The Bertz CT molecular complexity index is 1220. The summed E-state index contributed by atoms with van der Waals surface area (Å²) >= 11 is 6.39. The number of benzene rings is 3. The molecule has 0 saturated carbocycles. The molecule has 0 aliphatic carbocycles. The number of aromatic amines is 1. The van der Waals surface area contributed by atoms with E-state index in [-0.39, 0.29) is 17.7 Å². The Hall–Kier alpha value is -3.57. The fraction of sp³-hybridized carbons (Fsp3) is 0.0833. The Morgan fingerprint density at radius 1 is 0.967 bits per heavy atom. The Labute approximate surface area is 178 Å². The maximum atomic E-state index is 13.4. The Morgan fingerprint density at radius 2 is 1.67 bits per heavy atom. The topological polar surface area (TPSA) is 69.2 Å². The Balaban J connectivity index is 1.66. The molecular formula is C24H18ClN3O2. The van der Waals surface area contributed by atoms with Gasteiger partial charge in [0.1, 0.15) is 11.4 Å². The van der Waals surface area contributed by atoms with Crippen LogP contribution in [0.1, 0.15) is 33.2 Å². The van der Waals surface area contributed by atoms with E-state index in [9.17, 15) is 9.90 Å². The van der Waals surface area contributed by atoms with Gasteiger partial charge >= 0.3 is 0 Å². The number of amides is 1. The minimum Gasteiger partial charge on any atom is -0.508 e. The van der Waals surface area contributed by atoms with E-state index in [0.717, 1.165) is 27.9 Å². The van der Waals surface area contributed by atoms with Crippen LogP contribution in [0.25, 0.3) is 11.3 Å². The maximum absolute atomic E-state index is 13.4. The van der Waals surface area contributed by atoms with Crippen LogP contribution < -0.4 is 0 Å². The molecule has 4 aromatic rings. The number of nitrogens with zero attached hydrogens (tertiary/aromatic N) is 2. The third-order valence-corrected chi connectivity index (χ3v) is 5.79. The summed E-state index contributed by atoms with van der Waals surface area (Å²) in [5.74, 6) is 0.0501. The lowest BCUT2D eigenvalue weighted by atomic mass is 9.96. The fourth-order valence-electron chi connectivity index (χ4n) is 3.99. The first-order valence-electron chi connectivity index (χ1n) is 9.60. The van der Waals surface area contributed by atoms with Crippen molar-refractivity contribution < 1.29 is 9.90 Å². The molecule has 1 amide bonds. The lowest BCUT2D eigenvalue weighted by molar-refractivity contribution is 0.0730. The molecule has 1 unspecified atom stereocenters. The van der Waals surface area contributed by atoms with Crippen molar-refractivity contribution in [1.82, 2.24) is 15.1 Å². The second kappa shape index (κ2) is 7.35. The molecule has 0 spiro atoms. The van der Waals surface area contributed by atoms with Crippen LogP contribution in [0, 0.1) is 0 Å². The highest BCUT2D eigenvalue weighted by Gasteiger charge is 2.42. The summed E-state index contributed by atoms with van der Waals surface area (Å²) in [5.41, 5.74) is 4.77. The van der Waals surface area contributed by atoms with Gasteiger partial charge in [-0.15, -0.1) is 0 Å². The second-order valence-corrected chi connectivity index (χ2v) is 7.65. The normalized spacial score (nSPS) is 15.4. The molecule has 0 saturated heterocycles. The summed E-state index contributed by atoms with van der Waals surface area (Å²) in [6, 6.07) is 23.9. The molecule has 2 N–H and O–H groups in total. The predicted molar refractivity (Wildman–Crippen MR) is 115 cm³/mol. The van der Waals surface area contributed by atoms with Crippen molar-refractivity contribution in [3.8, 4) is 17.0 Å². The van der Waals surface area contributed by atoms with Crippen molar-refractivity contribution in [3.05, 3.63) is 106 Å². The molecule has 6 heteroatoms. The van der Waals surface area contributed by atoms with Crippen molar-refractivity contribution in [3.63, 3.8) is 0 Å². The highest BCUT2D eigenvalue weighted by atomic mass is 35.5. The van der Waals surface area contributed by atoms with Gasteiger partial charge < -0.3 is 10.0 Å². The first-order chi connectivity index (χ1) is 14.6. The summed E-state index contributed by atoms with van der Waals surface area (Å²) < 4.78 is 0. The van der Waals surface area contributed by atoms with Crippen LogP contribution >= 0.6 is 11.6 Å². The van der Waals surface area contributed by atoms with E-state index in [2.05, 4.69) is 10.2 Å². The minimum atomic E-state index is -0.349. The molecule has 148 valence electrons. The van der Waals surface area contributed by atoms with Gasteiger partial charge in [0.25, 0.3) is 5.91 Å². The summed E-state index contributed by atoms with van der Waals surface area (Å²) in [4.78, 5) is 15.2. The van der Waals surface area contributed by atoms with Gasteiger partial charge in [-0.05, 0) is 29.3 Å². The summed E-state index contributed by atoms with van der Waals surface area (Å²) in [6.45, 7) is 0.362. The van der Waals surface area contributed by atoms with E-state index in [1.54, 1.807) is 17.0 Å². The lowest BCUT2D eigenvalue weighted by Crippen LogP contribution is -2.29. The standard InChI is InChI=1S/C24H18ClN3O2/c25-19-9-5-4-8-17(19)14-28-23(16-10-12-18(29)13-11-16)20-21(15-6-2-1-3-7-15)26-27-22(20)24(28)30/h1-13,23,29H,14H2,(H,26,27). The van der Waals surface area contributed by atoms with Crippen LogP contribution in [0.4, 0.5) is 0 Å². The molecule has 0 fully saturated rings. The van der Waals surface area contributed by atoms with Crippen LogP contribution in [-0.4, -0.2) is 26.1 Å². The number of halogens is 1. The fourth-order valence-corrected chi connectivity index (χ4v) is 4.18. The van der Waals surface area contributed by atoms with Crippen molar-refractivity contribution in [2.45, 2.75) is 12.6 Å². The predicted octanol–water partition coefficient (Wildman–Crippen LogP) is 5.18. The summed E-state index contributed by atoms with van der Waals surface area (Å²) in [5, 5.41) is 17.8. The highest BCUT2D eigenvalue weighted by Crippen LogP contribution is 2.44. The number of phenolic OH excluding ortho intramolecular Hbond substituents is 1. The molecule has 1 aliphatic rings. The third kappa shape index (κ3) is 3.04. The zero-order chi connectivity index (χ0) is 20.7. The molecule has 1 aromatic heterocycles. The first kappa shape index (κ1) is 18.5. The first-order valence-corrected chi connectivity index (χ1v) is 9.98. The van der Waals surface area contributed by atoms with Gasteiger partial charge in [0.2, 0.25) is 0 Å². The van der Waals surface area contributed by atoms with Gasteiger partial charge in [-0.1, -0.05) is 72.3 Å². The molecule has 3 aromatic carbocycles. The number of rotatable bonds is 4. The van der Waals surface area contributed by atoms with Crippen molar-refractivity contribution >= 4 is 17.5 Å². The van der Waals surface area contributed by atoms with Crippen LogP contribution in [0.3, 0.4) is 0 Å². The number of hydrogen-bond acceptors (Lipinski definition) is 3. The highest BCUT2D eigenvalue weighted by molar-refractivity contribution is 6.31. The molecule has 1 aliphatic heterocycles. The molecule has 5 nitrogen and oxygen atoms in total. The molecule has 2 heterocycles. The van der Waals surface area contributed by atoms with Gasteiger partial charge in [0.15, 0.2) is 0 Å².